The van der Waals surface area contributed by atoms with Crippen LogP contribution in [0.5, 0.6) is 0 Å². The Labute approximate surface area is 126 Å². The van der Waals surface area contributed by atoms with Crippen LogP contribution in [0, 0.1) is 11.6 Å². The molecule has 3 rings (SSSR count). The van der Waals surface area contributed by atoms with Gasteiger partial charge in [-0.1, -0.05) is 24.3 Å². The second-order valence-corrected chi connectivity index (χ2v) is 5.53. The van der Waals surface area contributed by atoms with Crippen LogP contribution in [0.4, 0.5) is 8.78 Å². The number of hydrogen-bond acceptors (Lipinski definition) is 1. The summed E-state index contributed by atoms with van der Waals surface area (Å²) < 4.78 is 29.5. The lowest BCUT2D eigenvalue weighted by Crippen LogP contribution is -2.07. The number of fused-ring (bicyclic) bond motifs is 1. The maximum Gasteiger partial charge on any atom is 0.151 e. The first-order valence-corrected chi connectivity index (χ1v) is 7.03. The monoisotopic (exact) mass is 306 g/mol. The van der Waals surface area contributed by atoms with E-state index in [9.17, 15) is 8.78 Å². The van der Waals surface area contributed by atoms with Gasteiger partial charge >= 0.3 is 0 Å². The molecular weight excluding hydrogens is 294 g/mol. The summed E-state index contributed by atoms with van der Waals surface area (Å²) in [6.07, 6.45) is 0. The summed E-state index contributed by atoms with van der Waals surface area (Å²) in [5, 5.41) is -0.399. The van der Waals surface area contributed by atoms with Crippen LogP contribution in [0.2, 0.25) is 0 Å². The standard InChI is InChI=1S/C16H13ClF2N2/c1-10(17)16-20-15-13(19)7-4-8-14(15)21(16)9-11-5-2-3-6-12(11)18/h2-8,10H,9H2,1H3. The molecule has 2 nitrogen and oxygen atoms in total. The van der Waals surface area contributed by atoms with Gasteiger partial charge in [0.25, 0.3) is 0 Å². The third kappa shape index (κ3) is 2.51. The number of hydrogen-bond donors (Lipinski definition) is 0. The van der Waals surface area contributed by atoms with Gasteiger partial charge in [0.15, 0.2) is 5.82 Å². The molecule has 1 heterocycles. The van der Waals surface area contributed by atoms with E-state index in [-0.39, 0.29) is 17.9 Å². The molecule has 0 saturated carbocycles. The molecule has 0 fully saturated rings. The van der Waals surface area contributed by atoms with E-state index < -0.39 is 11.2 Å². The van der Waals surface area contributed by atoms with Crippen LogP contribution in [0.3, 0.4) is 0 Å². The van der Waals surface area contributed by atoms with Crippen molar-refractivity contribution in [2.75, 3.05) is 0 Å². The van der Waals surface area contributed by atoms with Crippen molar-refractivity contribution in [3.8, 4) is 0 Å². The number of para-hydroxylation sites is 1. The summed E-state index contributed by atoms with van der Waals surface area (Å²) >= 11 is 6.14. The molecule has 2 aromatic carbocycles. The lowest BCUT2D eigenvalue weighted by Gasteiger charge is -2.11. The number of alkyl halides is 1. The highest BCUT2D eigenvalue weighted by Crippen LogP contribution is 2.27. The lowest BCUT2D eigenvalue weighted by molar-refractivity contribution is 0.597. The van der Waals surface area contributed by atoms with Crippen molar-refractivity contribution >= 4 is 22.6 Å². The third-order valence-electron chi connectivity index (χ3n) is 3.40. The van der Waals surface area contributed by atoms with E-state index in [1.165, 1.54) is 12.1 Å². The van der Waals surface area contributed by atoms with Crippen molar-refractivity contribution in [2.24, 2.45) is 0 Å². The minimum Gasteiger partial charge on any atom is -0.322 e. The number of aromatic nitrogens is 2. The van der Waals surface area contributed by atoms with Gasteiger partial charge in [-0.2, -0.15) is 0 Å². The summed E-state index contributed by atoms with van der Waals surface area (Å²) in [5.41, 5.74) is 1.39. The van der Waals surface area contributed by atoms with Crippen LogP contribution < -0.4 is 0 Å². The topological polar surface area (TPSA) is 17.8 Å². The zero-order valence-electron chi connectivity index (χ0n) is 11.4. The molecule has 0 radical (unpaired) electrons. The van der Waals surface area contributed by atoms with E-state index in [4.69, 9.17) is 11.6 Å². The number of rotatable bonds is 3. The van der Waals surface area contributed by atoms with Gasteiger partial charge in [0.05, 0.1) is 17.4 Å². The molecule has 1 aromatic heterocycles. The molecule has 0 N–H and O–H groups in total. The van der Waals surface area contributed by atoms with Crippen LogP contribution in [0.1, 0.15) is 23.7 Å². The molecule has 0 aliphatic rings. The smallest absolute Gasteiger partial charge is 0.151 e. The van der Waals surface area contributed by atoms with Crippen LogP contribution in [-0.2, 0) is 6.54 Å². The minimum atomic E-state index is -0.404. The second kappa shape index (κ2) is 5.45. The van der Waals surface area contributed by atoms with Crippen molar-refractivity contribution in [1.29, 1.82) is 0 Å². The number of benzene rings is 2. The van der Waals surface area contributed by atoms with Crippen molar-refractivity contribution in [3.63, 3.8) is 0 Å². The SMILES string of the molecule is CC(Cl)c1nc2c(F)cccc2n1Cc1ccccc1F. The molecule has 3 aromatic rings. The zero-order valence-corrected chi connectivity index (χ0v) is 12.1. The van der Waals surface area contributed by atoms with Crippen molar-refractivity contribution < 1.29 is 8.78 Å². The lowest BCUT2D eigenvalue weighted by atomic mass is 10.2. The molecule has 108 valence electrons. The summed E-state index contributed by atoms with van der Waals surface area (Å²) in [5.74, 6) is -0.178. The van der Waals surface area contributed by atoms with Gasteiger partial charge in [0.2, 0.25) is 0 Å². The molecular formula is C16H13ClF2N2. The zero-order chi connectivity index (χ0) is 15.0. The Morgan fingerprint density at radius 3 is 2.52 bits per heavy atom. The van der Waals surface area contributed by atoms with E-state index in [1.807, 2.05) is 0 Å². The fourth-order valence-electron chi connectivity index (χ4n) is 2.40. The Morgan fingerprint density at radius 2 is 1.81 bits per heavy atom. The van der Waals surface area contributed by atoms with Gasteiger partial charge in [0.1, 0.15) is 17.2 Å². The first-order valence-electron chi connectivity index (χ1n) is 6.60. The van der Waals surface area contributed by atoms with Gasteiger partial charge in [-0.05, 0) is 25.1 Å². The maximum absolute atomic E-state index is 13.9. The van der Waals surface area contributed by atoms with Crippen LogP contribution in [-0.4, -0.2) is 9.55 Å². The Morgan fingerprint density at radius 1 is 1.10 bits per heavy atom. The van der Waals surface area contributed by atoms with Crippen molar-refractivity contribution in [3.05, 3.63) is 65.5 Å². The quantitative estimate of drug-likeness (QED) is 0.643. The second-order valence-electron chi connectivity index (χ2n) is 4.87. The van der Waals surface area contributed by atoms with Crippen LogP contribution in [0.15, 0.2) is 42.5 Å². The Hall–Kier alpha value is -1.94. The molecule has 0 spiro atoms. The summed E-state index contributed by atoms with van der Waals surface area (Å²) in [6.45, 7) is 2.03. The molecule has 0 amide bonds. The van der Waals surface area contributed by atoms with Crippen LogP contribution >= 0.6 is 11.6 Å². The normalized spacial score (nSPS) is 12.8. The van der Waals surface area contributed by atoms with E-state index in [0.717, 1.165) is 0 Å². The van der Waals surface area contributed by atoms with E-state index in [0.29, 0.717) is 16.9 Å². The summed E-state index contributed by atoms with van der Waals surface area (Å²) in [4.78, 5) is 4.27. The van der Waals surface area contributed by atoms with Gasteiger partial charge in [-0.15, -0.1) is 11.6 Å². The van der Waals surface area contributed by atoms with E-state index in [1.54, 1.807) is 41.8 Å². The Bertz CT molecular complexity index is 796. The molecule has 21 heavy (non-hydrogen) atoms. The summed E-state index contributed by atoms with van der Waals surface area (Å²) in [6, 6.07) is 11.2. The first-order chi connectivity index (χ1) is 10.1. The molecule has 5 heteroatoms. The fourth-order valence-corrected chi connectivity index (χ4v) is 2.56. The minimum absolute atomic E-state index is 0.260. The average Bonchev–Trinajstić information content (AvgIpc) is 2.82. The van der Waals surface area contributed by atoms with Gasteiger partial charge in [-0.3, -0.25) is 0 Å². The van der Waals surface area contributed by atoms with Gasteiger partial charge < -0.3 is 4.57 Å². The van der Waals surface area contributed by atoms with Gasteiger partial charge in [-0.25, -0.2) is 13.8 Å². The largest absolute Gasteiger partial charge is 0.322 e. The molecule has 0 aliphatic heterocycles. The number of nitrogens with zero attached hydrogens (tertiary/aromatic N) is 2. The van der Waals surface area contributed by atoms with Gasteiger partial charge in [0, 0.05) is 5.56 Å². The third-order valence-corrected chi connectivity index (χ3v) is 3.60. The fraction of sp³-hybridized carbons (Fsp3) is 0.188. The molecule has 1 atom stereocenters. The molecule has 0 saturated heterocycles. The highest BCUT2D eigenvalue weighted by atomic mass is 35.5. The highest BCUT2D eigenvalue weighted by Gasteiger charge is 2.18. The number of halogens is 3. The van der Waals surface area contributed by atoms with E-state index in [2.05, 4.69) is 4.98 Å². The Kier molecular flexibility index (Phi) is 3.64. The van der Waals surface area contributed by atoms with Crippen LogP contribution in [0.25, 0.3) is 11.0 Å². The average molecular weight is 307 g/mol. The summed E-state index contributed by atoms with van der Waals surface area (Å²) in [7, 11) is 0. The van der Waals surface area contributed by atoms with Crippen molar-refractivity contribution in [1.82, 2.24) is 9.55 Å². The molecule has 0 aliphatic carbocycles. The number of imidazole rings is 1. The predicted molar refractivity (Wildman–Crippen MR) is 79.5 cm³/mol. The van der Waals surface area contributed by atoms with Crippen molar-refractivity contribution in [2.45, 2.75) is 18.8 Å². The molecule has 0 bridgehead atoms. The Balaban J connectivity index is 2.19. The van der Waals surface area contributed by atoms with E-state index >= 15 is 0 Å². The first kappa shape index (κ1) is 14.0. The maximum atomic E-state index is 13.9. The highest BCUT2D eigenvalue weighted by molar-refractivity contribution is 6.20. The predicted octanol–water partition coefficient (Wildman–Crippen LogP) is 4.66. The molecule has 1 unspecified atom stereocenters.